The molecule has 1 amide bonds. The topological polar surface area (TPSA) is 36.1 Å². The largest absolute Gasteiger partial charge is 0.356 e. The minimum atomic E-state index is 0.165. The van der Waals surface area contributed by atoms with E-state index in [0.29, 0.717) is 0 Å². The predicted molar refractivity (Wildman–Crippen MR) is 109 cm³/mol. The molecule has 1 aromatic carbocycles. The van der Waals surface area contributed by atoms with Crippen LogP contribution in [0.4, 0.5) is 0 Å². The van der Waals surface area contributed by atoms with Crippen LogP contribution >= 0.6 is 23.5 Å². The lowest BCUT2D eigenvalue weighted by Crippen LogP contribution is -2.38. The molecule has 25 heavy (non-hydrogen) atoms. The number of nitrogens with one attached hydrogen (secondary N) is 1. The first-order chi connectivity index (χ1) is 12.2. The van der Waals surface area contributed by atoms with Gasteiger partial charge in [-0.15, -0.1) is 23.5 Å². The van der Waals surface area contributed by atoms with Crippen molar-refractivity contribution in [2.75, 3.05) is 18.1 Å². The van der Waals surface area contributed by atoms with Crippen LogP contribution < -0.4 is 0 Å². The molecule has 5 heteroatoms. The molecule has 0 saturated carbocycles. The third-order valence-corrected chi connectivity index (χ3v) is 9.03. The Bertz CT molecular complexity index is 779. The van der Waals surface area contributed by atoms with E-state index in [2.05, 4.69) is 64.6 Å². The van der Waals surface area contributed by atoms with Crippen molar-refractivity contribution in [3.05, 3.63) is 35.5 Å². The van der Waals surface area contributed by atoms with Gasteiger partial charge in [-0.1, -0.05) is 31.5 Å². The molecule has 1 spiro atoms. The van der Waals surface area contributed by atoms with E-state index in [1.807, 2.05) is 0 Å². The van der Waals surface area contributed by atoms with Gasteiger partial charge in [-0.3, -0.25) is 4.79 Å². The molecule has 0 bridgehead atoms. The van der Waals surface area contributed by atoms with Gasteiger partial charge in [-0.05, 0) is 25.3 Å². The zero-order valence-electron chi connectivity index (χ0n) is 15.0. The number of thioether (sulfide) groups is 2. The summed E-state index contributed by atoms with van der Waals surface area (Å²) in [6.45, 7) is 4.79. The lowest BCUT2D eigenvalue weighted by Gasteiger charge is -2.40. The zero-order chi connectivity index (χ0) is 17.4. The fourth-order valence-electron chi connectivity index (χ4n) is 4.32. The molecule has 4 rings (SSSR count). The van der Waals surface area contributed by atoms with E-state index in [1.165, 1.54) is 33.7 Å². The smallest absolute Gasteiger partial charge is 0.219 e. The molecule has 2 aliphatic rings. The molecule has 1 saturated heterocycles. The SMILES string of the molecule is CCCCN(C(C)=O)C1CCC2(SCCS2)c2[nH]c3ccccc3c21. The summed E-state index contributed by atoms with van der Waals surface area (Å²) < 4.78 is 0.165. The molecule has 1 aliphatic carbocycles. The zero-order valence-corrected chi connectivity index (χ0v) is 16.6. The molecule has 1 aromatic heterocycles. The number of benzene rings is 1. The van der Waals surface area contributed by atoms with Gasteiger partial charge in [0.2, 0.25) is 5.91 Å². The second-order valence-corrected chi connectivity index (χ2v) is 10.1. The number of unbranched alkanes of at least 4 members (excludes halogenated alkanes) is 1. The van der Waals surface area contributed by atoms with Crippen molar-refractivity contribution in [3.8, 4) is 0 Å². The van der Waals surface area contributed by atoms with Gasteiger partial charge in [0.25, 0.3) is 0 Å². The molecule has 0 radical (unpaired) electrons. The highest BCUT2D eigenvalue weighted by atomic mass is 32.2. The molecule has 1 N–H and O–H groups in total. The van der Waals surface area contributed by atoms with Gasteiger partial charge >= 0.3 is 0 Å². The Labute approximate surface area is 158 Å². The highest BCUT2D eigenvalue weighted by molar-refractivity contribution is 8.20. The van der Waals surface area contributed by atoms with Gasteiger partial charge in [0.1, 0.15) is 4.08 Å². The van der Waals surface area contributed by atoms with Crippen LogP contribution in [0.25, 0.3) is 10.9 Å². The molecule has 1 aliphatic heterocycles. The maximum Gasteiger partial charge on any atom is 0.219 e. The summed E-state index contributed by atoms with van der Waals surface area (Å²) in [4.78, 5) is 18.3. The molecule has 134 valence electrons. The van der Waals surface area contributed by atoms with Crippen molar-refractivity contribution in [3.63, 3.8) is 0 Å². The van der Waals surface area contributed by atoms with Crippen molar-refractivity contribution in [1.82, 2.24) is 9.88 Å². The summed E-state index contributed by atoms with van der Waals surface area (Å²) >= 11 is 4.18. The van der Waals surface area contributed by atoms with Gasteiger partial charge in [0.05, 0.1) is 6.04 Å². The number of hydrogen-bond donors (Lipinski definition) is 1. The number of fused-ring (bicyclic) bond motifs is 4. The van der Waals surface area contributed by atoms with Gasteiger partial charge < -0.3 is 9.88 Å². The Kier molecular flexibility index (Phi) is 4.80. The van der Waals surface area contributed by atoms with E-state index in [4.69, 9.17) is 0 Å². The lowest BCUT2D eigenvalue weighted by molar-refractivity contribution is -0.131. The molecule has 1 unspecified atom stereocenters. The fraction of sp³-hybridized carbons (Fsp3) is 0.550. The quantitative estimate of drug-likeness (QED) is 0.790. The van der Waals surface area contributed by atoms with Crippen LogP contribution in [0.1, 0.15) is 56.8 Å². The molecule has 2 heterocycles. The van der Waals surface area contributed by atoms with Gasteiger partial charge in [0.15, 0.2) is 0 Å². The number of hydrogen-bond acceptors (Lipinski definition) is 3. The van der Waals surface area contributed by atoms with Gasteiger partial charge in [0, 0.05) is 47.1 Å². The number of amides is 1. The average Bonchev–Trinajstić information content (AvgIpc) is 3.23. The van der Waals surface area contributed by atoms with Crippen molar-refractivity contribution in [2.45, 2.75) is 49.7 Å². The first-order valence-electron chi connectivity index (χ1n) is 9.32. The molecule has 2 aromatic rings. The van der Waals surface area contributed by atoms with Crippen LogP contribution in [0.2, 0.25) is 0 Å². The maximum atomic E-state index is 12.4. The summed E-state index contributed by atoms with van der Waals surface area (Å²) in [6.07, 6.45) is 4.40. The lowest BCUT2D eigenvalue weighted by atomic mass is 9.88. The number of para-hydroxylation sites is 1. The van der Waals surface area contributed by atoms with Crippen LogP contribution in [0, 0.1) is 0 Å². The Morgan fingerprint density at radius 3 is 2.80 bits per heavy atom. The fourth-order valence-corrected chi connectivity index (χ4v) is 7.62. The predicted octanol–water partition coefficient (Wildman–Crippen LogP) is 5.28. The second kappa shape index (κ2) is 6.92. The summed E-state index contributed by atoms with van der Waals surface area (Å²) in [7, 11) is 0. The Hall–Kier alpha value is -1.07. The summed E-state index contributed by atoms with van der Waals surface area (Å²) in [5, 5.41) is 1.30. The van der Waals surface area contributed by atoms with Crippen molar-refractivity contribution >= 4 is 40.3 Å². The molecular formula is C20H26N2OS2. The Morgan fingerprint density at radius 1 is 1.32 bits per heavy atom. The third kappa shape index (κ3) is 2.89. The van der Waals surface area contributed by atoms with E-state index in [0.717, 1.165) is 32.2 Å². The van der Waals surface area contributed by atoms with Gasteiger partial charge in [-0.25, -0.2) is 0 Å². The first-order valence-corrected chi connectivity index (χ1v) is 11.3. The molecule has 1 fully saturated rings. The molecule has 1 atom stereocenters. The number of rotatable bonds is 4. The van der Waals surface area contributed by atoms with Crippen LogP contribution in [-0.4, -0.2) is 33.8 Å². The molecular weight excluding hydrogens is 348 g/mol. The minimum absolute atomic E-state index is 0.165. The highest BCUT2D eigenvalue weighted by Crippen LogP contribution is 2.60. The van der Waals surface area contributed by atoms with E-state index in [1.54, 1.807) is 6.92 Å². The number of nitrogens with zero attached hydrogens (tertiary/aromatic N) is 1. The van der Waals surface area contributed by atoms with E-state index in [-0.39, 0.29) is 16.0 Å². The number of carbonyl (C=O) groups excluding carboxylic acids is 1. The standard InChI is InChI=1S/C20H26N2OS2/c1-3-4-11-22(14(2)23)17-9-10-20(24-12-13-25-20)19-18(17)15-7-5-6-8-16(15)21-19/h5-8,17,21H,3-4,9-13H2,1-2H3. The maximum absolute atomic E-state index is 12.4. The van der Waals surface area contributed by atoms with Crippen LogP contribution in [0.5, 0.6) is 0 Å². The van der Waals surface area contributed by atoms with E-state index in [9.17, 15) is 4.79 Å². The summed E-state index contributed by atoms with van der Waals surface area (Å²) in [5.41, 5.74) is 3.97. The van der Waals surface area contributed by atoms with Crippen LogP contribution in [0.3, 0.4) is 0 Å². The van der Waals surface area contributed by atoms with E-state index >= 15 is 0 Å². The first kappa shape index (κ1) is 17.3. The Balaban J connectivity index is 1.84. The number of carbonyl (C=O) groups is 1. The monoisotopic (exact) mass is 374 g/mol. The Morgan fingerprint density at radius 2 is 2.08 bits per heavy atom. The summed E-state index contributed by atoms with van der Waals surface area (Å²) in [6, 6.07) is 8.82. The van der Waals surface area contributed by atoms with Crippen molar-refractivity contribution in [1.29, 1.82) is 0 Å². The second-order valence-electron chi connectivity index (χ2n) is 7.03. The van der Waals surface area contributed by atoms with E-state index < -0.39 is 0 Å². The number of H-pyrrole nitrogens is 1. The van der Waals surface area contributed by atoms with Crippen molar-refractivity contribution < 1.29 is 4.79 Å². The number of aromatic nitrogens is 1. The van der Waals surface area contributed by atoms with Crippen LogP contribution in [0.15, 0.2) is 24.3 Å². The van der Waals surface area contributed by atoms with Gasteiger partial charge in [-0.2, -0.15) is 0 Å². The third-order valence-electron chi connectivity index (χ3n) is 5.49. The van der Waals surface area contributed by atoms with Crippen molar-refractivity contribution in [2.24, 2.45) is 0 Å². The normalized spacial score (nSPS) is 21.6. The minimum Gasteiger partial charge on any atom is -0.356 e. The highest BCUT2D eigenvalue weighted by Gasteiger charge is 2.47. The molecule has 3 nitrogen and oxygen atoms in total. The average molecular weight is 375 g/mol. The summed E-state index contributed by atoms with van der Waals surface area (Å²) in [5.74, 6) is 2.64. The number of aromatic amines is 1. The van der Waals surface area contributed by atoms with Crippen LogP contribution in [-0.2, 0) is 8.87 Å².